The minimum Gasteiger partial charge on any atom is -0.451 e. The van der Waals surface area contributed by atoms with Crippen molar-refractivity contribution in [3.63, 3.8) is 0 Å². The van der Waals surface area contributed by atoms with Crippen molar-refractivity contribution in [1.29, 1.82) is 0 Å². The molecule has 11 heavy (non-hydrogen) atoms. The molecule has 0 radical (unpaired) electrons. The first-order chi connectivity index (χ1) is 4.95. The van der Waals surface area contributed by atoms with E-state index in [9.17, 15) is 9.59 Å². The SMILES string of the molecule is CC(OC(=O)[C@H](C)N)C(N)=O. The molecule has 0 rings (SSSR count). The highest BCUT2D eigenvalue weighted by Gasteiger charge is 2.16. The molecular weight excluding hydrogens is 148 g/mol. The average Bonchev–Trinajstić information content (AvgIpc) is 1.87. The van der Waals surface area contributed by atoms with Gasteiger partial charge in [-0.15, -0.1) is 0 Å². The highest BCUT2D eigenvalue weighted by Crippen LogP contribution is 1.91. The number of nitrogens with two attached hydrogens (primary N) is 2. The van der Waals surface area contributed by atoms with E-state index in [2.05, 4.69) is 4.74 Å². The first-order valence-corrected chi connectivity index (χ1v) is 3.20. The highest BCUT2D eigenvalue weighted by molar-refractivity contribution is 5.83. The zero-order chi connectivity index (χ0) is 9.02. The largest absolute Gasteiger partial charge is 0.451 e. The van der Waals surface area contributed by atoms with E-state index < -0.39 is 24.0 Å². The fourth-order valence-electron chi connectivity index (χ4n) is 0.340. The van der Waals surface area contributed by atoms with E-state index in [1.54, 1.807) is 0 Å². The lowest BCUT2D eigenvalue weighted by Crippen LogP contribution is -2.36. The molecule has 64 valence electrons. The number of amides is 1. The van der Waals surface area contributed by atoms with Gasteiger partial charge in [-0.1, -0.05) is 0 Å². The third kappa shape index (κ3) is 3.57. The quantitative estimate of drug-likeness (QED) is 0.504. The van der Waals surface area contributed by atoms with Crippen molar-refractivity contribution in [3.8, 4) is 0 Å². The molecule has 1 amide bonds. The number of hydrogen-bond donors (Lipinski definition) is 2. The molecule has 5 heteroatoms. The maximum absolute atomic E-state index is 10.7. The lowest BCUT2D eigenvalue weighted by Gasteiger charge is -2.10. The van der Waals surface area contributed by atoms with Gasteiger partial charge in [0, 0.05) is 0 Å². The van der Waals surface area contributed by atoms with Crippen molar-refractivity contribution in [3.05, 3.63) is 0 Å². The lowest BCUT2D eigenvalue weighted by atomic mass is 10.3. The second kappa shape index (κ2) is 3.92. The van der Waals surface area contributed by atoms with Crippen molar-refractivity contribution in [2.75, 3.05) is 0 Å². The summed E-state index contributed by atoms with van der Waals surface area (Å²) in [5.41, 5.74) is 9.99. The molecule has 0 aromatic rings. The van der Waals surface area contributed by atoms with Crippen LogP contribution in [0.25, 0.3) is 0 Å². The molecule has 5 nitrogen and oxygen atoms in total. The van der Waals surface area contributed by atoms with Gasteiger partial charge in [0.25, 0.3) is 5.91 Å². The van der Waals surface area contributed by atoms with Crippen molar-refractivity contribution in [1.82, 2.24) is 0 Å². The van der Waals surface area contributed by atoms with E-state index in [-0.39, 0.29) is 0 Å². The number of rotatable bonds is 3. The van der Waals surface area contributed by atoms with Gasteiger partial charge in [0.2, 0.25) is 0 Å². The minimum absolute atomic E-state index is 0.628. The molecule has 0 heterocycles. The summed E-state index contributed by atoms with van der Waals surface area (Å²) in [6, 6.07) is -0.725. The smallest absolute Gasteiger partial charge is 0.323 e. The van der Waals surface area contributed by atoms with Crippen LogP contribution >= 0.6 is 0 Å². The number of primary amides is 1. The van der Waals surface area contributed by atoms with Crippen LogP contribution in [-0.4, -0.2) is 24.0 Å². The molecule has 0 aliphatic heterocycles. The molecule has 0 spiro atoms. The third-order valence-electron chi connectivity index (χ3n) is 1.07. The van der Waals surface area contributed by atoms with Crippen LogP contribution in [0.15, 0.2) is 0 Å². The maximum atomic E-state index is 10.7. The molecule has 0 saturated heterocycles. The van der Waals surface area contributed by atoms with Crippen LogP contribution in [0, 0.1) is 0 Å². The van der Waals surface area contributed by atoms with Crippen LogP contribution < -0.4 is 11.5 Å². The van der Waals surface area contributed by atoms with Crippen LogP contribution in [0.4, 0.5) is 0 Å². The summed E-state index contributed by atoms with van der Waals surface area (Å²) in [5.74, 6) is -1.31. The molecular formula is C6H12N2O3. The van der Waals surface area contributed by atoms with Gasteiger partial charge in [-0.3, -0.25) is 9.59 Å². The summed E-state index contributed by atoms with van der Waals surface area (Å²) < 4.78 is 4.53. The van der Waals surface area contributed by atoms with E-state index in [4.69, 9.17) is 11.5 Å². The van der Waals surface area contributed by atoms with Crippen LogP contribution in [-0.2, 0) is 14.3 Å². The minimum atomic E-state index is -0.909. The van der Waals surface area contributed by atoms with Gasteiger partial charge in [0.1, 0.15) is 6.04 Å². The molecule has 0 aliphatic carbocycles. The topological polar surface area (TPSA) is 95.4 Å². The van der Waals surface area contributed by atoms with E-state index >= 15 is 0 Å². The Morgan fingerprint density at radius 3 is 2.09 bits per heavy atom. The zero-order valence-electron chi connectivity index (χ0n) is 6.53. The van der Waals surface area contributed by atoms with Crippen molar-refractivity contribution in [2.24, 2.45) is 11.5 Å². The second-order valence-electron chi connectivity index (χ2n) is 2.27. The maximum Gasteiger partial charge on any atom is 0.323 e. The third-order valence-corrected chi connectivity index (χ3v) is 1.07. The Kier molecular flexibility index (Phi) is 3.53. The Balaban J connectivity index is 3.85. The Bertz CT molecular complexity index is 167. The molecule has 0 bridgehead atoms. The number of esters is 1. The van der Waals surface area contributed by atoms with Crippen LogP contribution in [0.1, 0.15) is 13.8 Å². The Morgan fingerprint density at radius 1 is 1.36 bits per heavy atom. The monoisotopic (exact) mass is 160 g/mol. The number of carbonyl (C=O) groups excluding carboxylic acids is 2. The summed E-state index contributed by atoms with van der Waals surface area (Å²) in [6.45, 7) is 2.86. The standard InChI is InChI=1S/C6H12N2O3/c1-3(7)6(10)11-4(2)5(8)9/h3-4H,7H2,1-2H3,(H2,8,9)/t3-,4?/m0/s1. The first kappa shape index (κ1) is 9.90. The predicted octanol–water partition coefficient (Wildman–Crippen LogP) is -1.25. The average molecular weight is 160 g/mol. The van der Waals surface area contributed by atoms with Crippen molar-refractivity contribution < 1.29 is 14.3 Å². The van der Waals surface area contributed by atoms with Gasteiger partial charge in [-0.25, -0.2) is 0 Å². The normalized spacial score (nSPS) is 15.2. The summed E-state index contributed by atoms with van der Waals surface area (Å²) >= 11 is 0. The van der Waals surface area contributed by atoms with Crippen LogP contribution in [0.5, 0.6) is 0 Å². The molecule has 0 aromatic heterocycles. The lowest BCUT2D eigenvalue weighted by molar-refractivity contribution is -0.154. The fourth-order valence-corrected chi connectivity index (χ4v) is 0.340. The molecule has 0 fully saturated rings. The number of ether oxygens (including phenoxy) is 1. The Labute approximate surface area is 64.7 Å². The van der Waals surface area contributed by atoms with Gasteiger partial charge >= 0.3 is 5.97 Å². The zero-order valence-corrected chi connectivity index (χ0v) is 6.53. The molecule has 0 aromatic carbocycles. The van der Waals surface area contributed by atoms with Gasteiger partial charge in [0.15, 0.2) is 6.10 Å². The highest BCUT2D eigenvalue weighted by atomic mass is 16.5. The summed E-state index contributed by atoms with van der Waals surface area (Å²) in [5, 5.41) is 0. The number of carbonyl (C=O) groups is 2. The molecule has 0 aliphatic rings. The van der Waals surface area contributed by atoms with E-state index in [1.807, 2.05) is 0 Å². The predicted molar refractivity (Wildman–Crippen MR) is 38.4 cm³/mol. The first-order valence-electron chi connectivity index (χ1n) is 3.20. The Hall–Kier alpha value is -1.10. The summed E-state index contributed by atoms with van der Waals surface area (Å²) in [4.78, 5) is 21.1. The van der Waals surface area contributed by atoms with E-state index in [0.29, 0.717) is 0 Å². The van der Waals surface area contributed by atoms with E-state index in [1.165, 1.54) is 13.8 Å². The van der Waals surface area contributed by atoms with Gasteiger partial charge in [0.05, 0.1) is 0 Å². The summed E-state index contributed by atoms with van der Waals surface area (Å²) in [6.07, 6.45) is -0.909. The summed E-state index contributed by atoms with van der Waals surface area (Å²) in [7, 11) is 0. The fraction of sp³-hybridized carbons (Fsp3) is 0.667. The van der Waals surface area contributed by atoms with Crippen molar-refractivity contribution >= 4 is 11.9 Å². The Morgan fingerprint density at radius 2 is 1.82 bits per heavy atom. The van der Waals surface area contributed by atoms with Gasteiger partial charge < -0.3 is 16.2 Å². The second-order valence-corrected chi connectivity index (χ2v) is 2.27. The van der Waals surface area contributed by atoms with Crippen LogP contribution in [0.3, 0.4) is 0 Å². The van der Waals surface area contributed by atoms with Crippen molar-refractivity contribution in [2.45, 2.75) is 26.0 Å². The molecule has 2 atom stereocenters. The molecule has 4 N–H and O–H groups in total. The van der Waals surface area contributed by atoms with Gasteiger partial charge in [-0.05, 0) is 13.8 Å². The van der Waals surface area contributed by atoms with E-state index in [0.717, 1.165) is 0 Å². The molecule has 0 saturated carbocycles. The van der Waals surface area contributed by atoms with Gasteiger partial charge in [-0.2, -0.15) is 0 Å². The molecule has 1 unspecified atom stereocenters. The number of hydrogen-bond acceptors (Lipinski definition) is 4. The van der Waals surface area contributed by atoms with Crippen LogP contribution in [0.2, 0.25) is 0 Å².